The average molecular weight is 323 g/mol. The van der Waals surface area contributed by atoms with E-state index >= 15 is 0 Å². The minimum atomic E-state index is -0.918. The Kier molecular flexibility index (Phi) is 3.91. The lowest BCUT2D eigenvalue weighted by molar-refractivity contribution is -0.141. The van der Waals surface area contributed by atoms with Crippen LogP contribution in [-0.4, -0.2) is 27.4 Å². The molecule has 0 aliphatic carbocycles. The van der Waals surface area contributed by atoms with Crippen molar-refractivity contribution in [3.8, 4) is 0 Å². The van der Waals surface area contributed by atoms with Gasteiger partial charge in [0.25, 0.3) is 5.91 Å². The first-order valence-corrected chi connectivity index (χ1v) is 8.02. The molecule has 0 fully saturated rings. The van der Waals surface area contributed by atoms with Crippen molar-refractivity contribution in [2.45, 2.75) is 38.3 Å². The molecule has 124 valence electrons. The van der Waals surface area contributed by atoms with E-state index in [9.17, 15) is 14.7 Å². The molecule has 0 radical (unpaired) electrons. The molecule has 24 heavy (non-hydrogen) atoms. The van der Waals surface area contributed by atoms with Gasteiger partial charge in [-0.05, 0) is 38.0 Å². The number of benzene rings is 2. The molecule has 1 aliphatic heterocycles. The van der Waals surface area contributed by atoms with Crippen LogP contribution in [0.5, 0.6) is 0 Å². The van der Waals surface area contributed by atoms with Crippen molar-refractivity contribution < 1.29 is 14.7 Å². The van der Waals surface area contributed by atoms with Crippen molar-refractivity contribution in [1.29, 1.82) is 0 Å². The second kappa shape index (κ2) is 5.78. The normalized spacial score (nSPS) is 20.6. The van der Waals surface area contributed by atoms with E-state index in [1.807, 2.05) is 51.1 Å². The highest BCUT2D eigenvalue weighted by Gasteiger charge is 2.47. The van der Waals surface area contributed by atoms with Crippen LogP contribution >= 0.6 is 0 Å². The van der Waals surface area contributed by atoms with Gasteiger partial charge in [0.15, 0.2) is 0 Å². The van der Waals surface area contributed by atoms with Crippen LogP contribution in [0.1, 0.15) is 54.2 Å². The van der Waals surface area contributed by atoms with E-state index in [2.05, 4.69) is 0 Å². The van der Waals surface area contributed by atoms with E-state index in [0.29, 0.717) is 11.1 Å². The zero-order valence-electron chi connectivity index (χ0n) is 14.1. The van der Waals surface area contributed by atoms with Gasteiger partial charge in [0.1, 0.15) is 5.92 Å². The molecule has 4 nitrogen and oxygen atoms in total. The highest BCUT2D eigenvalue weighted by molar-refractivity contribution is 6.00. The molecule has 0 bridgehead atoms. The Morgan fingerprint density at radius 1 is 1.00 bits per heavy atom. The Morgan fingerprint density at radius 2 is 1.58 bits per heavy atom. The number of rotatable bonds is 2. The third-order valence-electron chi connectivity index (χ3n) is 4.47. The zero-order valence-corrected chi connectivity index (χ0v) is 14.1. The predicted molar refractivity (Wildman–Crippen MR) is 91.9 cm³/mol. The molecule has 0 aromatic heterocycles. The number of nitrogens with zero attached hydrogens (tertiary/aromatic N) is 1. The molecule has 0 spiro atoms. The van der Waals surface area contributed by atoms with E-state index in [1.165, 1.54) is 0 Å². The van der Waals surface area contributed by atoms with Gasteiger partial charge in [0.2, 0.25) is 0 Å². The SMILES string of the molecule is CC(C)(C)N1C(=O)c2ccccc2C(C(=O)O)C1c1ccccc1. The topological polar surface area (TPSA) is 57.6 Å². The molecule has 0 saturated heterocycles. The molecular formula is C20H21NO3. The number of hydrogen-bond donors (Lipinski definition) is 1. The molecule has 4 heteroatoms. The molecule has 2 aromatic rings. The summed E-state index contributed by atoms with van der Waals surface area (Å²) in [4.78, 5) is 27.0. The maximum absolute atomic E-state index is 13.1. The quantitative estimate of drug-likeness (QED) is 0.913. The van der Waals surface area contributed by atoms with Crippen molar-refractivity contribution in [1.82, 2.24) is 4.90 Å². The molecule has 2 unspecified atom stereocenters. The monoisotopic (exact) mass is 323 g/mol. The molecule has 3 rings (SSSR count). The Morgan fingerprint density at radius 3 is 2.17 bits per heavy atom. The third-order valence-corrected chi connectivity index (χ3v) is 4.47. The van der Waals surface area contributed by atoms with E-state index in [0.717, 1.165) is 5.56 Å². The van der Waals surface area contributed by atoms with E-state index in [1.54, 1.807) is 29.2 Å². The summed E-state index contributed by atoms with van der Waals surface area (Å²) in [6.45, 7) is 5.81. The number of carbonyl (C=O) groups is 2. The number of amides is 1. The van der Waals surface area contributed by atoms with Gasteiger partial charge in [-0.15, -0.1) is 0 Å². The summed E-state index contributed by atoms with van der Waals surface area (Å²) >= 11 is 0. The first-order chi connectivity index (χ1) is 11.3. The van der Waals surface area contributed by atoms with Crippen LogP contribution in [0.15, 0.2) is 54.6 Å². The molecule has 2 atom stereocenters. The smallest absolute Gasteiger partial charge is 0.313 e. The van der Waals surface area contributed by atoms with E-state index in [4.69, 9.17) is 0 Å². The second-order valence-corrected chi connectivity index (χ2v) is 7.10. The Balaban J connectivity index is 2.29. The van der Waals surface area contributed by atoms with Crippen molar-refractivity contribution >= 4 is 11.9 Å². The molecule has 1 amide bonds. The second-order valence-electron chi connectivity index (χ2n) is 7.10. The molecule has 1 heterocycles. The number of carboxylic acid groups (broad SMARTS) is 1. The summed E-state index contributed by atoms with van der Waals surface area (Å²) in [5, 5.41) is 9.95. The predicted octanol–water partition coefficient (Wildman–Crippen LogP) is 3.85. The van der Waals surface area contributed by atoms with Crippen LogP contribution in [-0.2, 0) is 4.79 Å². The standard InChI is InChI=1S/C20H21NO3/c1-20(2,3)21-17(13-9-5-4-6-10-13)16(19(23)24)14-11-7-8-12-15(14)18(21)22/h4-12,16-17H,1-3H3,(H,23,24). The van der Waals surface area contributed by atoms with Gasteiger partial charge in [-0.3, -0.25) is 9.59 Å². The number of aliphatic carboxylic acids is 1. The van der Waals surface area contributed by atoms with Crippen LogP contribution in [0.2, 0.25) is 0 Å². The van der Waals surface area contributed by atoms with Gasteiger partial charge in [-0.25, -0.2) is 0 Å². The minimum absolute atomic E-state index is 0.121. The Labute approximate surface area is 141 Å². The maximum atomic E-state index is 13.1. The molecule has 1 aliphatic rings. The van der Waals surface area contributed by atoms with Crippen LogP contribution < -0.4 is 0 Å². The van der Waals surface area contributed by atoms with Crippen molar-refractivity contribution in [2.75, 3.05) is 0 Å². The summed E-state index contributed by atoms with van der Waals surface area (Å²) in [6, 6.07) is 15.9. The highest BCUT2D eigenvalue weighted by atomic mass is 16.4. The van der Waals surface area contributed by atoms with Gasteiger partial charge in [0, 0.05) is 11.1 Å². The van der Waals surface area contributed by atoms with Crippen molar-refractivity contribution in [2.24, 2.45) is 0 Å². The number of carbonyl (C=O) groups excluding carboxylic acids is 1. The van der Waals surface area contributed by atoms with Gasteiger partial charge in [-0.2, -0.15) is 0 Å². The lowest BCUT2D eigenvalue weighted by atomic mass is 9.77. The number of fused-ring (bicyclic) bond motifs is 1. The largest absolute Gasteiger partial charge is 0.481 e. The van der Waals surface area contributed by atoms with Crippen LogP contribution in [0.3, 0.4) is 0 Å². The third kappa shape index (κ3) is 2.58. The maximum Gasteiger partial charge on any atom is 0.313 e. The van der Waals surface area contributed by atoms with E-state index < -0.39 is 23.5 Å². The molecule has 0 saturated carbocycles. The first-order valence-electron chi connectivity index (χ1n) is 8.02. The van der Waals surface area contributed by atoms with Crippen LogP contribution in [0, 0.1) is 0 Å². The summed E-state index contributed by atoms with van der Waals surface area (Å²) in [7, 11) is 0. The van der Waals surface area contributed by atoms with Gasteiger partial charge >= 0.3 is 5.97 Å². The fourth-order valence-corrected chi connectivity index (χ4v) is 3.52. The fourth-order valence-electron chi connectivity index (χ4n) is 3.52. The minimum Gasteiger partial charge on any atom is -0.481 e. The van der Waals surface area contributed by atoms with Crippen LogP contribution in [0.25, 0.3) is 0 Å². The van der Waals surface area contributed by atoms with Gasteiger partial charge in [-0.1, -0.05) is 48.5 Å². The highest BCUT2D eigenvalue weighted by Crippen LogP contribution is 2.45. The van der Waals surface area contributed by atoms with E-state index in [-0.39, 0.29) is 5.91 Å². The summed E-state index contributed by atoms with van der Waals surface area (Å²) in [6.07, 6.45) is 0. The zero-order chi connectivity index (χ0) is 17.5. The summed E-state index contributed by atoms with van der Waals surface area (Å²) in [5.41, 5.74) is 1.40. The average Bonchev–Trinajstić information content (AvgIpc) is 2.54. The summed E-state index contributed by atoms with van der Waals surface area (Å²) in [5.74, 6) is -1.83. The van der Waals surface area contributed by atoms with Crippen LogP contribution in [0.4, 0.5) is 0 Å². The van der Waals surface area contributed by atoms with Gasteiger partial charge in [0.05, 0.1) is 6.04 Å². The molecule has 1 N–H and O–H groups in total. The lowest BCUT2D eigenvalue weighted by Crippen LogP contribution is -2.53. The van der Waals surface area contributed by atoms with Gasteiger partial charge < -0.3 is 10.0 Å². The first kappa shape index (κ1) is 16.2. The lowest BCUT2D eigenvalue weighted by Gasteiger charge is -2.47. The summed E-state index contributed by atoms with van der Waals surface area (Å²) < 4.78 is 0. The van der Waals surface area contributed by atoms with Crippen molar-refractivity contribution in [3.05, 3.63) is 71.3 Å². The molecular weight excluding hydrogens is 302 g/mol. The number of carboxylic acids is 1. The Hall–Kier alpha value is -2.62. The number of hydrogen-bond acceptors (Lipinski definition) is 2. The molecule has 2 aromatic carbocycles. The van der Waals surface area contributed by atoms with Crippen molar-refractivity contribution in [3.63, 3.8) is 0 Å². The fraction of sp³-hybridized carbons (Fsp3) is 0.300. The Bertz CT molecular complexity index is 777.